The molecule has 2 aromatic rings. The quantitative estimate of drug-likeness (QED) is 0.828. The molecule has 2 N–H and O–H groups in total. The summed E-state index contributed by atoms with van der Waals surface area (Å²) in [6.45, 7) is 2.10. The van der Waals surface area contributed by atoms with Crippen LogP contribution in [0.25, 0.3) is 0 Å². The van der Waals surface area contributed by atoms with Gasteiger partial charge in [0.05, 0.1) is 6.54 Å². The summed E-state index contributed by atoms with van der Waals surface area (Å²) in [5.41, 5.74) is 1.53. The van der Waals surface area contributed by atoms with Crippen LogP contribution < -0.4 is 5.32 Å². The summed E-state index contributed by atoms with van der Waals surface area (Å²) in [6, 6.07) is 5.73. The maximum absolute atomic E-state index is 12.2. The van der Waals surface area contributed by atoms with Crippen LogP contribution in [0.5, 0.6) is 0 Å². The highest BCUT2D eigenvalue weighted by Crippen LogP contribution is 2.19. The molecule has 110 valence electrons. The molecule has 0 aliphatic carbocycles. The van der Waals surface area contributed by atoms with E-state index in [-0.39, 0.29) is 18.1 Å². The van der Waals surface area contributed by atoms with Gasteiger partial charge in [-0.25, -0.2) is 9.78 Å². The van der Waals surface area contributed by atoms with Gasteiger partial charge in [0.1, 0.15) is 5.01 Å². The van der Waals surface area contributed by atoms with E-state index in [1.54, 1.807) is 11.8 Å². The molecule has 0 saturated heterocycles. The van der Waals surface area contributed by atoms with Crippen molar-refractivity contribution in [1.82, 2.24) is 10.3 Å². The minimum absolute atomic E-state index is 0.00445. The van der Waals surface area contributed by atoms with Crippen molar-refractivity contribution in [3.05, 3.63) is 45.4 Å². The monoisotopic (exact) mass is 322 g/mol. The van der Waals surface area contributed by atoms with Crippen LogP contribution in [0.15, 0.2) is 28.5 Å². The molecule has 7 heteroatoms. The number of hydrogen-bond acceptors (Lipinski definition) is 5. The third kappa shape index (κ3) is 3.83. The summed E-state index contributed by atoms with van der Waals surface area (Å²) in [7, 11) is 0. The molecule has 1 aromatic heterocycles. The molecule has 0 saturated carbocycles. The van der Waals surface area contributed by atoms with Crippen LogP contribution in [-0.4, -0.2) is 28.2 Å². The van der Waals surface area contributed by atoms with Crippen molar-refractivity contribution in [3.63, 3.8) is 0 Å². The molecule has 21 heavy (non-hydrogen) atoms. The van der Waals surface area contributed by atoms with Gasteiger partial charge in [0.2, 0.25) is 0 Å². The van der Waals surface area contributed by atoms with Crippen molar-refractivity contribution in [2.45, 2.75) is 18.4 Å². The molecule has 0 aliphatic heterocycles. The summed E-state index contributed by atoms with van der Waals surface area (Å²) >= 11 is 2.79. The van der Waals surface area contributed by atoms with Gasteiger partial charge < -0.3 is 10.4 Å². The van der Waals surface area contributed by atoms with Gasteiger partial charge in [-0.05, 0) is 30.9 Å². The summed E-state index contributed by atoms with van der Waals surface area (Å²) in [5, 5.41) is 13.6. The third-order valence-electron chi connectivity index (χ3n) is 2.86. The van der Waals surface area contributed by atoms with E-state index in [1.165, 1.54) is 16.7 Å². The lowest BCUT2D eigenvalue weighted by Gasteiger charge is -2.08. The normalized spacial score (nSPS) is 10.4. The molecule has 0 atom stereocenters. The molecule has 1 aromatic carbocycles. The lowest BCUT2D eigenvalue weighted by atomic mass is 10.1. The topological polar surface area (TPSA) is 79.3 Å². The molecular weight excluding hydrogens is 308 g/mol. The molecule has 0 bridgehead atoms. The first kappa shape index (κ1) is 15.5. The maximum atomic E-state index is 12.2. The second-order valence-corrected chi connectivity index (χ2v) is 6.12. The number of carboxylic acids is 1. The van der Waals surface area contributed by atoms with Crippen molar-refractivity contribution >= 4 is 35.0 Å². The van der Waals surface area contributed by atoms with E-state index < -0.39 is 5.97 Å². The van der Waals surface area contributed by atoms with E-state index in [9.17, 15) is 9.59 Å². The zero-order valence-electron chi connectivity index (χ0n) is 11.5. The highest BCUT2D eigenvalue weighted by molar-refractivity contribution is 7.98. The van der Waals surface area contributed by atoms with Crippen LogP contribution in [0.3, 0.4) is 0 Å². The van der Waals surface area contributed by atoms with Gasteiger partial charge in [0.15, 0.2) is 5.69 Å². The number of amides is 1. The first-order valence-electron chi connectivity index (χ1n) is 6.12. The van der Waals surface area contributed by atoms with E-state index in [0.29, 0.717) is 10.6 Å². The van der Waals surface area contributed by atoms with Crippen LogP contribution in [0, 0.1) is 6.92 Å². The average molecular weight is 322 g/mol. The first-order chi connectivity index (χ1) is 10.0. The summed E-state index contributed by atoms with van der Waals surface area (Å²) < 4.78 is 0. The van der Waals surface area contributed by atoms with Gasteiger partial charge in [0, 0.05) is 15.8 Å². The molecule has 1 heterocycles. The number of carboxylic acid groups (broad SMARTS) is 1. The van der Waals surface area contributed by atoms with Crippen LogP contribution in [0.4, 0.5) is 0 Å². The van der Waals surface area contributed by atoms with Crippen LogP contribution in [0.2, 0.25) is 0 Å². The zero-order chi connectivity index (χ0) is 15.4. The predicted molar refractivity (Wildman–Crippen MR) is 83.2 cm³/mol. The fraction of sp³-hybridized carbons (Fsp3) is 0.214. The lowest BCUT2D eigenvalue weighted by molar-refractivity contribution is 0.0691. The Kier molecular flexibility index (Phi) is 4.98. The fourth-order valence-electron chi connectivity index (χ4n) is 1.71. The Balaban J connectivity index is 2.05. The fourth-order valence-corrected chi connectivity index (χ4v) is 2.86. The number of thiazole rings is 1. The minimum atomic E-state index is -1.06. The Morgan fingerprint density at radius 1 is 1.43 bits per heavy atom. The van der Waals surface area contributed by atoms with Crippen LogP contribution in [0.1, 0.15) is 31.4 Å². The largest absolute Gasteiger partial charge is 0.476 e. The van der Waals surface area contributed by atoms with E-state index in [2.05, 4.69) is 10.3 Å². The first-order valence-corrected chi connectivity index (χ1v) is 8.22. The van der Waals surface area contributed by atoms with Crippen molar-refractivity contribution < 1.29 is 14.7 Å². The van der Waals surface area contributed by atoms with E-state index in [4.69, 9.17) is 5.11 Å². The predicted octanol–water partition coefficient (Wildman–Crippen LogP) is 2.80. The standard InChI is InChI=1S/C14H14N2O3S2/c1-8-3-4-9(20-2)5-10(8)13(17)15-6-12-16-11(7-21-12)14(18)19/h3-5,7H,6H2,1-2H3,(H,15,17)(H,18,19). The van der Waals surface area contributed by atoms with Crippen molar-refractivity contribution in [2.24, 2.45) is 0 Å². The number of carbonyl (C=O) groups is 2. The van der Waals surface area contributed by atoms with Crippen LogP contribution >= 0.6 is 23.1 Å². The zero-order valence-corrected chi connectivity index (χ0v) is 13.2. The Morgan fingerprint density at radius 3 is 2.81 bits per heavy atom. The van der Waals surface area contributed by atoms with Gasteiger partial charge in [-0.2, -0.15) is 0 Å². The highest BCUT2D eigenvalue weighted by Gasteiger charge is 2.12. The summed E-state index contributed by atoms with van der Waals surface area (Å²) in [6.07, 6.45) is 1.95. The molecule has 0 fully saturated rings. The number of hydrogen-bond donors (Lipinski definition) is 2. The Labute approximate surface area is 130 Å². The highest BCUT2D eigenvalue weighted by atomic mass is 32.2. The smallest absolute Gasteiger partial charge is 0.355 e. The lowest BCUT2D eigenvalue weighted by Crippen LogP contribution is -2.23. The van der Waals surface area contributed by atoms with Crippen LogP contribution in [-0.2, 0) is 6.54 Å². The van der Waals surface area contributed by atoms with Crippen molar-refractivity contribution in [3.8, 4) is 0 Å². The van der Waals surface area contributed by atoms with E-state index in [1.807, 2.05) is 31.4 Å². The van der Waals surface area contributed by atoms with Gasteiger partial charge in [-0.3, -0.25) is 4.79 Å². The number of aromatic nitrogens is 1. The number of benzene rings is 1. The Hall–Kier alpha value is -1.86. The van der Waals surface area contributed by atoms with Crippen molar-refractivity contribution in [2.75, 3.05) is 6.26 Å². The molecule has 0 radical (unpaired) electrons. The van der Waals surface area contributed by atoms with Crippen molar-refractivity contribution in [1.29, 1.82) is 0 Å². The van der Waals surface area contributed by atoms with Gasteiger partial charge in [0.25, 0.3) is 5.91 Å². The molecule has 1 amide bonds. The number of nitrogens with zero attached hydrogens (tertiary/aromatic N) is 1. The molecule has 0 aliphatic rings. The Morgan fingerprint density at radius 2 is 2.19 bits per heavy atom. The SMILES string of the molecule is CSc1ccc(C)c(C(=O)NCc2nc(C(=O)O)cs2)c1. The third-order valence-corrected chi connectivity index (χ3v) is 4.43. The molecule has 0 unspecified atom stereocenters. The molecule has 5 nitrogen and oxygen atoms in total. The number of aryl methyl sites for hydroxylation is 1. The van der Waals surface area contributed by atoms with E-state index >= 15 is 0 Å². The minimum Gasteiger partial charge on any atom is -0.476 e. The Bertz CT molecular complexity index is 683. The number of rotatable bonds is 5. The second-order valence-electron chi connectivity index (χ2n) is 4.30. The summed E-state index contributed by atoms with van der Waals surface area (Å²) in [4.78, 5) is 27.9. The number of nitrogens with one attached hydrogen (secondary N) is 1. The molecule has 2 rings (SSSR count). The van der Waals surface area contributed by atoms with Gasteiger partial charge in [-0.1, -0.05) is 6.07 Å². The van der Waals surface area contributed by atoms with E-state index in [0.717, 1.165) is 10.5 Å². The summed E-state index contributed by atoms with van der Waals surface area (Å²) in [5.74, 6) is -1.25. The second kappa shape index (κ2) is 6.73. The average Bonchev–Trinajstić information content (AvgIpc) is 2.94. The number of aromatic carboxylic acids is 1. The number of thioether (sulfide) groups is 1. The van der Waals surface area contributed by atoms with Gasteiger partial charge >= 0.3 is 5.97 Å². The molecule has 0 spiro atoms. The number of carbonyl (C=O) groups excluding carboxylic acids is 1. The molecular formula is C14H14N2O3S2. The van der Waals surface area contributed by atoms with Gasteiger partial charge in [-0.15, -0.1) is 23.1 Å². The maximum Gasteiger partial charge on any atom is 0.355 e.